The molecule has 0 heterocycles. The summed E-state index contributed by atoms with van der Waals surface area (Å²) in [5.41, 5.74) is 5.67. The molecular formula is C26H41OY-. The molecule has 0 amide bonds. The van der Waals surface area contributed by atoms with Gasteiger partial charge in [-0.05, 0) is 49.7 Å². The van der Waals surface area contributed by atoms with Crippen molar-refractivity contribution in [3.8, 4) is 0 Å². The molecule has 28 heavy (non-hydrogen) atoms. The Balaban J connectivity index is 0.00000392. The van der Waals surface area contributed by atoms with Crippen molar-refractivity contribution in [3.63, 3.8) is 0 Å². The molecule has 1 aromatic carbocycles. The molecule has 0 aromatic heterocycles. The largest absolute Gasteiger partial charge is 0.388 e. The molecule has 2 heteroatoms. The molecule has 1 aliphatic carbocycles. The fraction of sp³-hybridized carbons (Fsp3) is 0.654. The molecule has 1 radical (unpaired) electrons. The maximum absolute atomic E-state index is 10.4. The van der Waals surface area contributed by atoms with Gasteiger partial charge in [-0.3, -0.25) is 0 Å². The van der Waals surface area contributed by atoms with E-state index >= 15 is 0 Å². The summed E-state index contributed by atoms with van der Waals surface area (Å²) in [6, 6.07) is 8.89. The monoisotopic (exact) mass is 458 g/mol. The van der Waals surface area contributed by atoms with Gasteiger partial charge in [0.2, 0.25) is 0 Å². The van der Waals surface area contributed by atoms with Crippen molar-refractivity contribution in [2.45, 2.75) is 97.5 Å². The third-order valence-electron chi connectivity index (χ3n) is 6.89. The molecule has 1 aromatic rings. The van der Waals surface area contributed by atoms with Crippen LogP contribution in [0, 0.1) is 18.8 Å². The Morgan fingerprint density at radius 1 is 0.964 bits per heavy atom. The van der Waals surface area contributed by atoms with Gasteiger partial charge in [0.15, 0.2) is 0 Å². The van der Waals surface area contributed by atoms with E-state index in [4.69, 9.17) is 0 Å². The zero-order valence-corrected chi connectivity index (χ0v) is 21.6. The Kier molecular flexibility index (Phi) is 12.4. The molecule has 1 nitrogen and oxygen atoms in total. The van der Waals surface area contributed by atoms with Crippen LogP contribution in [0.5, 0.6) is 0 Å². The fourth-order valence-corrected chi connectivity index (χ4v) is 4.86. The van der Waals surface area contributed by atoms with E-state index < -0.39 is 0 Å². The van der Waals surface area contributed by atoms with E-state index in [0.717, 1.165) is 30.7 Å². The van der Waals surface area contributed by atoms with E-state index in [2.05, 4.69) is 58.9 Å². The summed E-state index contributed by atoms with van der Waals surface area (Å²) in [6.07, 6.45) is 10.3. The van der Waals surface area contributed by atoms with Crippen LogP contribution in [0.4, 0.5) is 0 Å². The van der Waals surface area contributed by atoms with E-state index in [1.54, 1.807) is 11.1 Å². The summed E-state index contributed by atoms with van der Waals surface area (Å²) in [5, 5.41) is 10.4. The Bertz CT molecular complexity index is 589. The van der Waals surface area contributed by atoms with Crippen LogP contribution in [0.15, 0.2) is 35.4 Å². The molecule has 0 spiro atoms. The summed E-state index contributed by atoms with van der Waals surface area (Å²) in [6.45, 7) is 13.3. The molecule has 4 atom stereocenters. The number of hydrogen-bond donors (Lipinski definition) is 1. The van der Waals surface area contributed by atoms with Gasteiger partial charge in [-0.1, -0.05) is 87.8 Å². The van der Waals surface area contributed by atoms with Crippen molar-refractivity contribution in [1.82, 2.24) is 0 Å². The molecule has 0 saturated carbocycles. The van der Waals surface area contributed by atoms with Crippen molar-refractivity contribution in [3.05, 3.63) is 53.5 Å². The number of rotatable bonds is 11. The number of unbranched alkanes of at least 4 members (excludes halogenated alkanes) is 5. The molecule has 1 N–H and O–H groups in total. The zero-order valence-electron chi connectivity index (χ0n) is 18.7. The summed E-state index contributed by atoms with van der Waals surface area (Å²) >= 11 is 0. The third kappa shape index (κ3) is 6.78. The van der Waals surface area contributed by atoms with Crippen molar-refractivity contribution in [2.24, 2.45) is 11.8 Å². The molecule has 2 unspecified atom stereocenters. The fourth-order valence-electron chi connectivity index (χ4n) is 4.86. The number of hydrogen-bond acceptors (Lipinski definition) is 1. The summed E-state index contributed by atoms with van der Waals surface area (Å²) < 4.78 is 0. The number of aliphatic hydroxyl groups excluding tert-OH is 1. The van der Waals surface area contributed by atoms with Crippen LogP contribution >= 0.6 is 0 Å². The number of benzene rings is 1. The first-order chi connectivity index (χ1) is 13.0. The van der Waals surface area contributed by atoms with Crippen LogP contribution in [-0.4, -0.2) is 5.11 Å². The molecular weight excluding hydrogens is 417 g/mol. The predicted octanol–water partition coefficient (Wildman–Crippen LogP) is 7.77. The van der Waals surface area contributed by atoms with Crippen LogP contribution in [0.3, 0.4) is 0 Å². The van der Waals surface area contributed by atoms with Crippen molar-refractivity contribution in [2.75, 3.05) is 0 Å². The molecule has 1 aliphatic rings. The molecule has 0 saturated heterocycles. The zero-order chi connectivity index (χ0) is 19.8. The van der Waals surface area contributed by atoms with Gasteiger partial charge in [0, 0.05) is 38.6 Å². The van der Waals surface area contributed by atoms with Gasteiger partial charge in [-0.15, -0.1) is 0 Å². The second kappa shape index (κ2) is 13.4. The SMILES string of the molecule is [CH2-]CCCCC[C@H]1C(C)C(C)=C(C)[C@@H]1c1ccc(C(O)CCCCC)cc1.[Y]. The van der Waals surface area contributed by atoms with Crippen molar-refractivity contribution >= 4 is 0 Å². The normalized spacial score (nSPS) is 23.0. The molecule has 0 fully saturated rings. The first-order valence-electron chi connectivity index (χ1n) is 11.3. The van der Waals surface area contributed by atoms with Gasteiger partial charge in [0.25, 0.3) is 0 Å². The number of aliphatic hydroxyl groups is 1. The first kappa shape index (κ1) is 26.1. The van der Waals surface area contributed by atoms with Crippen LogP contribution in [0.25, 0.3) is 0 Å². The maximum Gasteiger partial charge on any atom is 0.0790 e. The van der Waals surface area contributed by atoms with Gasteiger partial charge in [-0.2, -0.15) is 6.42 Å². The number of allylic oxidation sites excluding steroid dienone is 2. The van der Waals surface area contributed by atoms with Gasteiger partial charge in [0.05, 0.1) is 6.10 Å². The minimum atomic E-state index is -0.315. The maximum atomic E-state index is 10.4. The second-order valence-corrected chi connectivity index (χ2v) is 8.68. The molecule has 0 bridgehead atoms. The minimum absolute atomic E-state index is 0. The van der Waals surface area contributed by atoms with E-state index in [0.29, 0.717) is 11.8 Å². The summed E-state index contributed by atoms with van der Waals surface area (Å²) in [5.74, 6) is 1.94. The average Bonchev–Trinajstić information content (AvgIpc) is 2.89. The second-order valence-electron chi connectivity index (χ2n) is 8.68. The third-order valence-corrected chi connectivity index (χ3v) is 6.89. The topological polar surface area (TPSA) is 20.2 Å². The van der Waals surface area contributed by atoms with Gasteiger partial charge in [0.1, 0.15) is 0 Å². The Morgan fingerprint density at radius 2 is 1.64 bits per heavy atom. The standard InChI is InChI=1S/C26H41O.Y/c1-6-8-10-12-13-24-20(4)19(3)21(5)26(24)23-17-15-22(16-18-23)25(27)14-11-9-7-2;/h15-18,20,24-27H,1,6-14H2,2-5H3;/q-1;/t20?,24-,25?,26+;/m0./s1. The quantitative estimate of drug-likeness (QED) is 0.204. The predicted molar refractivity (Wildman–Crippen MR) is 118 cm³/mol. The van der Waals surface area contributed by atoms with Crippen LogP contribution in [0.1, 0.15) is 109 Å². The summed E-state index contributed by atoms with van der Waals surface area (Å²) in [7, 11) is 0. The van der Waals surface area contributed by atoms with E-state index in [-0.39, 0.29) is 38.8 Å². The Hall–Kier alpha value is 0.0239. The Morgan fingerprint density at radius 3 is 2.25 bits per heavy atom. The van der Waals surface area contributed by atoms with Gasteiger partial charge < -0.3 is 12.0 Å². The van der Waals surface area contributed by atoms with Gasteiger partial charge in [-0.25, -0.2) is 0 Å². The van der Waals surface area contributed by atoms with E-state index in [1.807, 2.05) is 0 Å². The molecule has 2 rings (SSSR count). The van der Waals surface area contributed by atoms with E-state index in [9.17, 15) is 5.11 Å². The first-order valence-corrected chi connectivity index (χ1v) is 11.3. The van der Waals surface area contributed by atoms with Crippen molar-refractivity contribution < 1.29 is 37.8 Å². The Labute approximate surface area is 199 Å². The minimum Gasteiger partial charge on any atom is -0.388 e. The van der Waals surface area contributed by atoms with Crippen LogP contribution < -0.4 is 0 Å². The van der Waals surface area contributed by atoms with E-state index in [1.165, 1.54) is 44.1 Å². The van der Waals surface area contributed by atoms with Gasteiger partial charge >= 0.3 is 0 Å². The average molecular weight is 459 g/mol. The van der Waals surface area contributed by atoms with Crippen LogP contribution in [-0.2, 0) is 32.7 Å². The molecule has 155 valence electrons. The molecule has 0 aliphatic heterocycles. The smallest absolute Gasteiger partial charge is 0.0790 e. The van der Waals surface area contributed by atoms with Crippen molar-refractivity contribution in [1.29, 1.82) is 0 Å². The van der Waals surface area contributed by atoms with Crippen LogP contribution in [0.2, 0.25) is 0 Å². The summed E-state index contributed by atoms with van der Waals surface area (Å²) in [4.78, 5) is 0.